The molecule has 5 rings (SSSR count). The van der Waals surface area contributed by atoms with Crippen molar-refractivity contribution < 1.29 is 4.79 Å². The fourth-order valence-corrected chi connectivity index (χ4v) is 4.01. The van der Waals surface area contributed by atoms with Crippen LogP contribution in [0.25, 0.3) is 5.65 Å². The second-order valence-corrected chi connectivity index (χ2v) is 7.89. The summed E-state index contributed by atoms with van der Waals surface area (Å²) in [5, 5.41) is 20.1. The van der Waals surface area contributed by atoms with Gasteiger partial charge in [0.05, 0.1) is 12.2 Å². The Kier molecular flexibility index (Phi) is 5.07. The standard InChI is InChI=1S/C22H24N8O/c1-16-13-21(29(26-16)14-17-5-3-2-4-6-17)24-22(31)18-9-11-28(12-10-18)20-8-7-19-25-23-15-30(19)27-20/h2-8,13,15,18H,9-12,14H2,1H3,(H,24,31). The molecule has 0 unspecified atom stereocenters. The van der Waals surface area contributed by atoms with Gasteiger partial charge in [-0.3, -0.25) is 4.79 Å². The van der Waals surface area contributed by atoms with E-state index in [2.05, 4.69) is 42.7 Å². The molecule has 1 amide bonds. The Balaban J connectivity index is 1.22. The highest BCUT2D eigenvalue weighted by molar-refractivity contribution is 5.92. The number of benzene rings is 1. The fraction of sp³-hybridized carbons (Fsp3) is 0.318. The Morgan fingerprint density at radius 1 is 1.10 bits per heavy atom. The topological polar surface area (TPSA) is 93.2 Å². The Morgan fingerprint density at radius 3 is 2.71 bits per heavy atom. The number of aryl methyl sites for hydroxylation is 1. The van der Waals surface area contributed by atoms with Crippen molar-refractivity contribution in [3.05, 3.63) is 66.1 Å². The summed E-state index contributed by atoms with van der Waals surface area (Å²) in [4.78, 5) is 15.2. The Bertz CT molecular complexity index is 1190. The van der Waals surface area contributed by atoms with Crippen LogP contribution in [-0.4, -0.2) is 48.6 Å². The molecule has 0 atom stereocenters. The summed E-state index contributed by atoms with van der Waals surface area (Å²) < 4.78 is 3.53. The van der Waals surface area contributed by atoms with E-state index >= 15 is 0 Å². The van der Waals surface area contributed by atoms with Gasteiger partial charge in [-0.25, -0.2) is 4.68 Å². The Hall–Kier alpha value is -3.75. The van der Waals surface area contributed by atoms with E-state index in [1.165, 1.54) is 0 Å². The van der Waals surface area contributed by atoms with Crippen molar-refractivity contribution in [2.75, 3.05) is 23.3 Å². The average molecular weight is 416 g/mol. The van der Waals surface area contributed by atoms with Crippen LogP contribution in [-0.2, 0) is 11.3 Å². The fourth-order valence-electron chi connectivity index (χ4n) is 4.01. The first-order valence-electron chi connectivity index (χ1n) is 10.5. The van der Waals surface area contributed by atoms with Gasteiger partial charge in [0.2, 0.25) is 5.91 Å². The molecule has 9 nitrogen and oxygen atoms in total. The zero-order valence-electron chi connectivity index (χ0n) is 17.3. The average Bonchev–Trinajstić information content (AvgIpc) is 3.40. The highest BCUT2D eigenvalue weighted by atomic mass is 16.2. The van der Waals surface area contributed by atoms with Gasteiger partial charge in [0.1, 0.15) is 18.0 Å². The number of carbonyl (C=O) groups is 1. The molecule has 1 fully saturated rings. The minimum absolute atomic E-state index is 0.0322. The molecule has 0 saturated carbocycles. The van der Waals surface area contributed by atoms with Crippen molar-refractivity contribution in [1.29, 1.82) is 0 Å². The molecule has 158 valence electrons. The molecule has 1 aromatic carbocycles. The summed E-state index contributed by atoms with van der Waals surface area (Å²) in [6.07, 6.45) is 3.15. The lowest BCUT2D eigenvalue weighted by Gasteiger charge is -2.32. The third kappa shape index (κ3) is 4.11. The quantitative estimate of drug-likeness (QED) is 0.537. The van der Waals surface area contributed by atoms with E-state index in [4.69, 9.17) is 0 Å². The highest BCUT2D eigenvalue weighted by Gasteiger charge is 2.26. The molecular formula is C22H24N8O. The van der Waals surface area contributed by atoms with Crippen molar-refractivity contribution >= 4 is 23.2 Å². The molecule has 4 heterocycles. The molecule has 0 spiro atoms. The van der Waals surface area contributed by atoms with Gasteiger partial charge in [0, 0.05) is 25.1 Å². The maximum atomic E-state index is 13.0. The van der Waals surface area contributed by atoms with Crippen LogP contribution in [0.1, 0.15) is 24.1 Å². The van der Waals surface area contributed by atoms with Gasteiger partial charge >= 0.3 is 0 Å². The van der Waals surface area contributed by atoms with Gasteiger partial charge in [-0.1, -0.05) is 30.3 Å². The molecule has 4 aromatic rings. The monoisotopic (exact) mass is 416 g/mol. The van der Waals surface area contributed by atoms with Crippen LogP contribution >= 0.6 is 0 Å². The third-order valence-electron chi connectivity index (χ3n) is 5.67. The summed E-state index contributed by atoms with van der Waals surface area (Å²) in [6.45, 7) is 4.12. The lowest BCUT2D eigenvalue weighted by atomic mass is 9.96. The number of fused-ring (bicyclic) bond motifs is 1. The van der Waals surface area contributed by atoms with Gasteiger partial charge in [0.15, 0.2) is 5.65 Å². The molecular weight excluding hydrogens is 392 g/mol. The number of hydrogen-bond donors (Lipinski definition) is 1. The Morgan fingerprint density at radius 2 is 1.90 bits per heavy atom. The van der Waals surface area contributed by atoms with Gasteiger partial charge in [0.25, 0.3) is 0 Å². The van der Waals surface area contributed by atoms with Gasteiger partial charge in [-0.05, 0) is 37.5 Å². The maximum absolute atomic E-state index is 13.0. The number of hydrogen-bond acceptors (Lipinski definition) is 6. The van der Waals surface area contributed by atoms with Crippen molar-refractivity contribution in [2.24, 2.45) is 5.92 Å². The number of carbonyl (C=O) groups excluding carboxylic acids is 1. The SMILES string of the molecule is Cc1cc(NC(=O)C2CCN(c3ccc4nncn4n3)CC2)n(Cc2ccccc2)n1. The van der Waals surface area contributed by atoms with Crippen molar-refractivity contribution in [3.63, 3.8) is 0 Å². The van der Waals surface area contributed by atoms with Gasteiger partial charge in [-0.15, -0.1) is 15.3 Å². The second kappa shape index (κ2) is 8.17. The summed E-state index contributed by atoms with van der Waals surface area (Å²) in [5.41, 5.74) is 2.75. The highest BCUT2D eigenvalue weighted by Crippen LogP contribution is 2.24. The van der Waals surface area contributed by atoms with Gasteiger partial charge in [-0.2, -0.15) is 9.61 Å². The second-order valence-electron chi connectivity index (χ2n) is 7.89. The molecule has 3 aromatic heterocycles. The predicted octanol–water partition coefficient (Wildman–Crippen LogP) is 2.53. The van der Waals surface area contributed by atoms with E-state index in [1.807, 2.05) is 48.0 Å². The number of piperidine rings is 1. The Labute approximate surface area is 179 Å². The van der Waals surface area contributed by atoms with Crippen LogP contribution in [0.15, 0.2) is 54.9 Å². The smallest absolute Gasteiger partial charge is 0.228 e. The predicted molar refractivity (Wildman–Crippen MR) is 117 cm³/mol. The first kappa shape index (κ1) is 19.2. The molecule has 0 aliphatic carbocycles. The first-order valence-corrected chi connectivity index (χ1v) is 10.5. The number of nitrogens with zero attached hydrogens (tertiary/aromatic N) is 7. The summed E-state index contributed by atoms with van der Waals surface area (Å²) in [5.74, 6) is 1.64. The van der Waals surface area contributed by atoms with E-state index in [9.17, 15) is 4.79 Å². The van der Waals surface area contributed by atoms with Crippen LogP contribution in [0.5, 0.6) is 0 Å². The maximum Gasteiger partial charge on any atom is 0.228 e. The molecule has 1 saturated heterocycles. The van der Waals surface area contributed by atoms with E-state index in [1.54, 1.807) is 10.8 Å². The summed E-state index contributed by atoms with van der Waals surface area (Å²) in [6, 6.07) is 15.9. The van der Waals surface area contributed by atoms with Crippen molar-refractivity contribution in [3.8, 4) is 0 Å². The molecule has 1 N–H and O–H groups in total. The summed E-state index contributed by atoms with van der Waals surface area (Å²) >= 11 is 0. The van der Waals surface area contributed by atoms with Crippen LogP contribution in [0.3, 0.4) is 0 Å². The van der Waals surface area contributed by atoms with E-state index in [-0.39, 0.29) is 11.8 Å². The van der Waals surface area contributed by atoms with Gasteiger partial charge < -0.3 is 10.2 Å². The molecule has 9 heteroatoms. The zero-order chi connectivity index (χ0) is 21.2. The minimum atomic E-state index is -0.0322. The van der Waals surface area contributed by atoms with E-state index < -0.39 is 0 Å². The van der Waals surface area contributed by atoms with E-state index in [0.29, 0.717) is 6.54 Å². The number of aromatic nitrogens is 6. The normalized spacial score (nSPS) is 14.8. The number of rotatable bonds is 5. The molecule has 0 radical (unpaired) electrons. The first-order chi connectivity index (χ1) is 15.2. The van der Waals surface area contributed by atoms with Crippen LogP contribution in [0.2, 0.25) is 0 Å². The number of amides is 1. The zero-order valence-corrected chi connectivity index (χ0v) is 17.3. The molecule has 31 heavy (non-hydrogen) atoms. The lowest BCUT2D eigenvalue weighted by molar-refractivity contribution is -0.120. The number of anilines is 2. The molecule has 1 aliphatic heterocycles. The van der Waals surface area contributed by atoms with Crippen LogP contribution < -0.4 is 10.2 Å². The minimum Gasteiger partial charge on any atom is -0.355 e. The van der Waals surface area contributed by atoms with Crippen molar-refractivity contribution in [1.82, 2.24) is 29.6 Å². The van der Waals surface area contributed by atoms with E-state index in [0.717, 1.165) is 54.5 Å². The van der Waals surface area contributed by atoms with Crippen LogP contribution in [0.4, 0.5) is 11.6 Å². The van der Waals surface area contributed by atoms with Crippen LogP contribution in [0, 0.1) is 12.8 Å². The number of nitrogens with one attached hydrogen (secondary N) is 1. The summed E-state index contributed by atoms with van der Waals surface area (Å²) in [7, 11) is 0. The molecule has 0 bridgehead atoms. The third-order valence-corrected chi connectivity index (χ3v) is 5.67. The largest absolute Gasteiger partial charge is 0.355 e. The lowest BCUT2D eigenvalue weighted by Crippen LogP contribution is -2.39. The van der Waals surface area contributed by atoms with Crippen molar-refractivity contribution in [2.45, 2.75) is 26.3 Å². The molecule has 1 aliphatic rings.